The number of hydrogen-bond donors (Lipinski definition) is 1. The number of likely N-dealkylation sites (N-methyl/N-ethyl adjacent to an activating group) is 1. The van der Waals surface area contributed by atoms with Crippen LogP contribution < -0.4 is 15.2 Å². The van der Waals surface area contributed by atoms with Crippen LogP contribution >= 0.6 is 11.6 Å². The second-order valence-electron chi connectivity index (χ2n) is 4.97. The molecular formula is C15H23ClN2O2. The predicted octanol–water partition coefficient (Wildman–Crippen LogP) is 3.19. The highest BCUT2D eigenvalue weighted by Crippen LogP contribution is 2.41. The zero-order valence-electron chi connectivity index (χ0n) is 12.2. The van der Waals surface area contributed by atoms with Gasteiger partial charge in [-0.25, -0.2) is 0 Å². The lowest BCUT2D eigenvalue weighted by atomic mass is 10.0. The Morgan fingerprint density at radius 1 is 1.35 bits per heavy atom. The van der Waals surface area contributed by atoms with Gasteiger partial charge in [0.25, 0.3) is 0 Å². The smallest absolute Gasteiger partial charge is 0.231 e. The molecule has 0 aliphatic carbocycles. The summed E-state index contributed by atoms with van der Waals surface area (Å²) in [5.41, 5.74) is 7.09. The molecular weight excluding hydrogens is 276 g/mol. The molecule has 112 valence electrons. The highest BCUT2D eigenvalue weighted by Gasteiger charge is 2.23. The number of unbranched alkanes of at least 4 members (excludes halogenated alkanes) is 1. The van der Waals surface area contributed by atoms with Gasteiger partial charge in [-0.15, -0.1) is 0 Å². The number of halogens is 1. The number of hydrogen-bond acceptors (Lipinski definition) is 4. The van der Waals surface area contributed by atoms with E-state index in [1.807, 2.05) is 12.1 Å². The number of fused-ring (bicyclic) bond motifs is 1. The van der Waals surface area contributed by atoms with E-state index in [1.54, 1.807) is 0 Å². The molecule has 2 rings (SSSR count). The van der Waals surface area contributed by atoms with E-state index >= 15 is 0 Å². The zero-order chi connectivity index (χ0) is 14.5. The van der Waals surface area contributed by atoms with Crippen molar-refractivity contribution < 1.29 is 9.47 Å². The van der Waals surface area contributed by atoms with Gasteiger partial charge in [-0.3, -0.25) is 4.90 Å². The molecule has 0 amide bonds. The molecule has 0 spiro atoms. The SMILES string of the molecule is CCCCN(CC)C(CN)c1cc(Cl)c2c(c1)OCO2. The van der Waals surface area contributed by atoms with Crippen molar-refractivity contribution in [3.05, 3.63) is 22.7 Å². The Morgan fingerprint density at radius 3 is 2.80 bits per heavy atom. The Labute approximate surface area is 125 Å². The van der Waals surface area contributed by atoms with Crippen LogP contribution in [-0.4, -0.2) is 31.3 Å². The van der Waals surface area contributed by atoms with Gasteiger partial charge in [0.05, 0.1) is 5.02 Å². The van der Waals surface area contributed by atoms with Crippen LogP contribution in [0.4, 0.5) is 0 Å². The first-order chi connectivity index (χ1) is 9.71. The van der Waals surface area contributed by atoms with E-state index in [0.29, 0.717) is 17.3 Å². The number of nitrogens with zero attached hydrogens (tertiary/aromatic N) is 1. The van der Waals surface area contributed by atoms with Crippen molar-refractivity contribution in [1.29, 1.82) is 0 Å². The maximum Gasteiger partial charge on any atom is 0.231 e. The van der Waals surface area contributed by atoms with E-state index in [-0.39, 0.29) is 12.8 Å². The second-order valence-corrected chi connectivity index (χ2v) is 5.38. The van der Waals surface area contributed by atoms with Gasteiger partial charge >= 0.3 is 0 Å². The average Bonchev–Trinajstić information content (AvgIpc) is 2.92. The van der Waals surface area contributed by atoms with E-state index < -0.39 is 0 Å². The molecule has 1 atom stereocenters. The number of nitrogens with two attached hydrogens (primary N) is 1. The summed E-state index contributed by atoms with van der Waals surface area (Å²) in [5, 5.41) is 0.597. The summed E-state index contributed by atoms with van der Waals surface area (Å²) in [7, 11) is 0. The largest absolute Gasteiger partial charge is 0.454 e. The van der Waals surface area contributed by atoms with Gasteiger partial charge in [0.2, 0.25) is 6.79 Å². The van der Waals surface area contributed by atoms with Crippen molar-refractivity contribution in [1.82, 2.24) is 4.90 Å². The van der Waals surface area contributed by atoms with Crippen molar-refractivity contribution >= 4 is 11.6 Å². The normalized spacial score (nSPS) is 14.8. The number of ether oxygens (including phenoxy) is 2. The van der Waals surface area contributed by atoms with Gasteiger partial charge in [0.1, 0.15) is 0 Å². The number of rotatable bonds is 7. The van der Waals surface area contributed by atoms with Gasteiger partial charge in [-0.1, -0.05) is 31.9 Å². The molecule has 1 aromatic carbocycles. The van der Waals surface area contributed by atoms with Crippen molar-refractivity contribution in [2.24, 2.45) is 5.73 Å². The Bertz CT molecular complexity index is 454. The molecule has 1 aromatic rings. The van der Waals surface area contributed by atoms with Gasteiger partial charge in [-0.2, -0.15) is 0 Å². The third kappa shape index (κ3) is 3.19. The third-order valence-corrected chi connectivity index (χ3v) is 3.98. The fourth-order valence-electron chi connectivity index (χ4n) is 2.57. The van der Waals surface area contributed by atoms with Crippen molar-refractivity contribution in [2.45, 2.75) is 32.7 Å². The van der Waals surface area contributed by atoms with Gasteiger partial charge < -0.3 is 15.2 Å². The fourth-order valence-corrected chi connectivity index (χ4v) is 2.84. The molecule has 20 heavy (non-hydrogen) atoms. The van der Waals surface area contributed by atoms with Crippen molar-refractivity contribution in [3.63, 3.8) is 0 Å². The molecule has 0 saturated carbocycles. The highest BCUT2D eigenvalue weighted by atomic mass is 35.5. The minimum absolute atomic E-state index is 0.165. The Balaban J connectivity index is 2.24. The topological polar surface area (TPSA) is 47.7 Å². The molecule has 5 heteroatoms. The summed E-state index contributed by atoms with van der Waals surface area (Å²) in [4.78, 5) is 2.39. The van der Waals surface area contributed by atoms with E-state index in [9.17, 15) is 0 Å². The summed E-state index contributed by atoms with van der Waals surface area (Å²) in [6.07, 6.45) is 2.35. The summed E-state index contributed by atoms with van der Waals surface area (Å²) >= 11 is 6.26. The minimum Gasteiger partial charge on any atom is -0.454 e. The van der Waals surface area contributed by atoms with E-state index in [4.69, 9.17) is 26.8 Å². The monoisotopic (exact) mass is 298 g/mol. The van der Waals surface area contributed by atoms with Crippen LogP contribution in [0.5, 0.6) is 11.5 Å². The van der Waals surface area contributed by atoms with Crippen LogP contribution in [0.3, 0.4) is 0 Å². The van der Waals surface area contributed by atoms with Crippen LogP contribution in [0.2, 0.25) is 5.02 Å². The minimum atomic E-state index is 0.165. The summed E-state index contributed by atoms with van der Waals surface area (Å²) in [5.74, 6) is 1.36. The van der Waals surface area contributed by atoms with E-state index in [0.717, 1.165) is 24.4 Å². The zero-order valence-corrected chi connectivity index (χ0v) is 12.9. The molecule has 1 unspecified atom stereocenters. The fraction of sp³-hybridized carbons (Fsp3) is 0.600. The molecule has 0 aromatic heterocycles. The van der Waals surface area contributed by atoms with Crippen LogP contribution in [0.1, 0.15) is 38.3 Å². The van der Waals surface area contributed by atoms with E-state index in [2.05, 4.69) is 18.7 Å². The third-order valence-electron chi connectivity index (χ3n) is 3.70. The summed E-state index contributed by atoms with van der Waals surface area (Å²) in [6, 6.07) is 4.11. The molecule has 2 N–H and O–H groups in total. The molecule has 0 bridgehead atoms. The maximum atomic E-state index is 6.26. The van der Waals surface area contributed by atoms with Gasteiger partial charge in [0.15, 0.2) is 11.5 Å². The lowest BCUT2D eigenvalue weighted by Crippen LogP contribution is -2.34. The average molecular weight is 299 g/mol. The first-order valence-electron chi connectivity index (χ1n) is 7.24. The summed E-state index contributed by atoms with van der Waals surface area (Å²) < 4.78 is 10.8. The highest BCUT2D eigenvalue weighted by molar-refractivity contribution is 6.32. The number of benzene rings is 1. The van der Waals surface area contributed by atoms with Crippen molar-refractivity contribution in [2.75, 3.05) is 26.4 Å². The molecule has 1 heterocycles. The summed E-state index contributed by atoms with van der Waals surface area (Å²) in [6.45, 7) is 7.16. The lowest BCUT2D eigenvalue weighted by molar-refractivity contribution is 0.173. The van der Waals surface area contributed by atoms with Gasteiger partial charge in [-0.05, 0) is 37.2 Å². The lowest BCUT2D eigenvalue weighted by Gasteiger charge is -2.30. The molecule has 4 nitrogen and oxygen atoms in total. The Kier molecular flexibility index (Phi) is 5.52. The first kappa shape index (κ1) is 15.4. The Morgan fingerprint density at radius 2 is 2.15 bits per heavy atom. The predicted molar refractivity (Wildman–Crippen MR) is 81.5 cm³/mol. The van der Waals surface area contributed by atoms with Gasteiger partial charge in [0, 0.05) is 12.6 Å². The molecule has 0 saturated heterocycles. The van der Waals surface area contributed by atoms with Crippen LogP contribution in [0.25, 0.3) is 0 Å². The standard InChI is InChI=1S/C15H23ClN2O2/c1-3-5-6-18(4-2)13(9-17)11-7-12(16)15-14(8-11)19-10-20-15/h7-8,13H,3-6,9-10,17H2,1-2H3. The van der Waals surface area contributed by atoms with Crippen LogP contribution in [0, 0.1) is 0 Å². The molecule has 0 radical (unpaired) electrons. The second kappa shape index (κ2) is 7.16. The van der Waals surface area contributed by atoms with E-state index in [1.165, 1.54) is 12.8 Å². The molecule has 1 aliphatic heterocycles. The molecule has 0 fully saturated rings. The quantitative estimate of drug-likeness (QED) is 0.840. The van der Waals surface area contributed by atoms with Crippen molar-refractivity contribution in [3.8, 4) is 11.5 Å². The Hall–Kier alpha value is -0.970. The first-order valence-corrected chi connectivity index (χ1v) is 7.62. The van der Waals surface area contributed by atoms with Crippen LogP contribution in [-0.2, 0) is 0 Å². The molecule has 1 aliphatic rings. The maximum absolute atomic E-state index is 6.26. The van der Waals surface area contributed by atoms with Crippen LogP contribution in [0.15, 0.2) is 12.1 Å².